The van der Waals surface area contributed by atoms with Crippen LogP contribution in [0.15, 0.2) is 34.8 Å². The van der Waals surface area contributed by atoms with Gasteiger partial charge in [0, 0.05) is 16.3 Å². The van der Waals surface area contributed by atoms with Crippen molar-refractivity contribution in [2.24, 2.45) is 0 Å². The van der Waals surface area contributed by atoms with Gasteiger partial charge in [0.2, 0.25) is 0 Å². The molecule has 0 aromatic rings. The average molecular weight is 261 g/mol. The molecular weight excluding hydrogens is 248 g/mol. The van der Waals surface area contributed by atoms with Gasteiger partial charge < -0.3 is 0 Å². The number of carbonyl (C=O) groups is 1. The maximum absolute atomic E-state index is 11.3. The Morgan fingerprint density at radius 2 is 2.06 bits per heavy atom. The van der Waals surface area contributed by atoms with E-state index in [1.807, 2.05) is 6.08 Å². The van der Waals surface area contributed by atoms with Crippen molar-refractivity contribution in [1.82, 2.24) is 0 Å². The zero-order valence-electron chi connectivity index (χ0n) is 8.94. The first-order chi connectivity index (χ1) is 7.41. The van der Waals surface area contributed by atoms with Crippen LogP contribution in [0.3, 0.4) is 0 Å². The van der Waals surface area contributed by atoms with Crippen LogP contribution >= 0.6 is 10.7 Å². The lowest BCUT2D eigenvalue weighted by Gasteiger charge is -1.99. The van der Waals surface area contributed by atoms with Crippen molar-refractivity contribution >= 4 is 25.5 Å². The van der Waals surface area contributed by atoms with Crippen LogP contribution in [0.5, 0.6) is 0 Å². The van der Waals surface area contributed by atoms with E-state index in [4.69, 9.17) is 10.7 Å². The Labute approximate surface area is 99.9 Å². The number of Topliss-reactive ketones (excluding diaryl/α,β-unsaturated/α-hetero) is 1. The third-order valence-corrected chi connectivity index (χ3v) is 3.59. The van der Waals surface area contributed by atoms with Gasteiger partial charge in [0.05, 0.1) is 4.91 Å². The molecule has 0 spiro atoms. The molecule has 3 nitrogen and oxygen atoms in total. The molecule has 0 radical (unpaired) electrons. The Kier molecular flexibility index (Phi) is 4.50. The van der Waals surface area contributed by atoms with Crippen LogP contribution in [0.1, 0.15) is 26.2 Å². The molecule has 0 fully saturated rings. The summed E-state index contributed by atoms with van der Waals surface area (Å²) in [6.07, 6.45) is 8.68. The molecule has 5 heteroatoms. The van der Waals surface area contributed by atoms with Gasteiger partial charge in [0.1, 0.15) is 0 Å². The second-order valence-electron chi connectivity index (χ2n) is 3.53. The molecule has 0 unspecified atom stereocenters. The Hall–Kier alpha value is -0.870. The van der Waals surface area contributed by atoms with E-state index in [2.05, 4.69) is 0 Å². The second kappa shape index (κ2) is 5.46. The van der Waals surface area contributed by atoms with E-state index in [1.54, 1.807) is 12.2 Å². The normalized spacial score (nSPS) is 26.4. The minimum atomic E-state index is -3.78. The van der Waals surface area contributed by atoms with Crippen molar-refractivity contribution in [3.63, 3.8) is 0 Å². The average Bonchev–Trinajstić information content (AvgIpc) is 2.26. The molecule has 1 aliphatic carbocycles. The summed E-state index contributed by atoms with van der Waals surface area (Å²) >= 11 is 0. The SMILES string of the molecule is CC(=O)C1=C/C(S(=O)(=O)Cl)=C\CCC\C=C\1. The van der Waals surface area contributed by atoms with Gasteiger partial charge >= 0.3 is 0 Å². The molecule has 1 aliphatic rings. The summed E-state index contributed by atoms with van der Waals surface area (Å²) in [5.41, 5.74) is 0.359. The monoisotopic (exact) mass is 260 g/mol. The predicted molar refractivity (Wildman–Crippen MR) is 64.6 cm³/mol. The summed E-state index contributed by atoms with van der Waals surface area (Å²) in [5.74, 6) is -0.177. The van der Waals surface area contributed by atoms with Crippen molar-refractivity contribution in [1.29, 1.82) is 0 Å². The molecular formula is C11H13ClO3S. The number of hydrogen-bond donors (Lipinski definition) is 0. The molecule has 0 aliphatic heterocycles. The van der Waals surface area contributed by atoms with Gasteiger partial charge in [-0.05, 0) is 32.3 Å². The highest BCUT2D eigenvalue weighted by Gasteiger charge is 2.13. The molecule has 0 bridgehead atoms. The van der Waals surface area contributed by atoms with E-state index in [0.717, 1.165) is 12.8 Å². The number of allylic oxidation sites excluding steroid dienone is 5. The maximum Gasteiger partial charge on any atom is 0.261 e. The smallest absolute Gasteiger partial charge is 0.261 e. The van der Waals surface area contributed by atoms with Gasteiger partial charge in [-0.1, -0.05) is 18.2 Å². The fourth-order valence-corrected chi connectivity index (χ4v) is 2.25. The lowest BCUT2D eigenvalue weighted by Crippen LogP contribution is -1.98. The highest BCUT2D eigenvalue weighted by atomic mass is 35.7. The van der Waals surface area contributed by atoms with E-state index in [-0.39, 0.29) is 10.7 Å². The fraction of sp³-hybridized carbons (Fsp3) is 0.364. The van der Waals surface area contributed by atoms with E-state index in [0.29, 0.717) is 12.0 Å². The van der Waals surface area contributed by atoms with Crippen LogP contribution in [-0.4, -0.2) is 14.2 Å². The summed E-state index contributed by atoms with van der Waals surface area (Å²) in [6.45, 7) is 1.40. The molecule has 0 aromatic heterocycles. The molecule has 0 amide bonds. The quantitative estimate of drug-likeness (QED) is 0.718. The van der Waals surface area contributed by atoms with E-state index < -0.39 is 9.05 Å². The topological polar surface area (TPSA) is 51.2 Å². The zero-order valence-corrected chi connectivity index (χ0v) is 10.5. The van der Waals surface area contributed by atoms with E-state index in [9.17, 15) is 13.2 Å². The third-order valence-electron chi connectivity index (χ3n) is 2.20. The van der Waals surface area contributed by atoms with Crippen LogP contribution < -0.4 is 0 Å². The highest BCUT2D eigenvalue weighted by Crippen LogP contribution is 2.19. The first-order valence-electron chi connectivity index (χ1n) is 4.95. The summed E-state index contributed by atoms with van der Waals surface area (Å²) in [4.78, 5) is 11.3. The van der Waals surface area contributed by atoms with Crippen LogP contribution in [0.25, 0.3) is 0 Å². The Bertz CT molecular complexity index is 469. The molecule has 0 saturated carbocycles. The summed E-state index contributed by atoms with van der Waals surface area (Å²) in [5, 5.41) is 0. The molecule has 0 heterocycles. The third kappa shape index (κ3) is 3.94. The second-order valence-corrected chi connectivity index (χ2v) is 6.10. The van der Waals surface area contributed by atoms with Crippen molar-refractivity contribution in [3.8, 4) is 0 Å². The maximum atomic E-state index is 11.3. The molecule has 0 N–H and O–H groups in total. The molecule has 88 valence electrons. The van der Waals surface area contributed by atoms with Gasteiger partial charge in [-0.25, -0.2) is 8.42 Å². The summed E-state index contributed by atoms with van der Waals surface area (Å²) in [7, 11) is 1.51. The van der Waals surface area contributed by atoms with Crippen molar-refractivity contribution in [2.45, 2.75) is 26.2 Å². The van der Waals surface area contributed by atoms with Gasteiger partial charge in [-0.3, -0.25) is 4.79 Å². The van der Waals surface area contributed by atoms with Crippen molar-refractivity contribution in [2.75, 3.05) is 0 Å². The number of rotatable bonds is 2. The van der Waals surface area contributed by atoms with Crippen molar-refractivity contribution < 1.29 is 13.2 Å². The van der Waals surface area contributed by atoms with Gasteiger partial charge in [-0.15, -0.1) is 0 Å². The lowest BCUT2D eigenvalue weighted by molar-refractivity contribution is -0.113. The first kappa shape index (κ1) is 13.2. The minimum Gasteiger partial charge on any atom is -0.295 e. The summed E-state index contributed by atoms with van der Waals surface area (Å²) < 4.78 is 22.5. The molecule has 0 aromatic carbocycles. The first-order valence-corrected chi connectivity index (χ1v) is 7.26. The molecule has 0 atom stereocenters. The van der Waals surface area contributed by atoms with Crippen molar-refractivity contribution in [3.05, 3.63) is 34.8 Å². The van der Waals surface area contributed by atoms with E-state index >= 15 is 0 Å². The van der Waals surface area contributed by atoms with Crippen LogP contribution in [0.4, 0.5) is 0 Å². The number of carbonyl (C=O) groups excluding carboxylic acids is 1. The summed E-state index contributed by atoms with van der Waals surface area (Å²) in [6, 6.07) is 0. The molecule has 16 heavy (non-hydrogen) atoms. The highest BCUT2D eigenvalue weighted by molar-refractivity contribution is 8.17. The Morgan fingerprint density at radius 1 is 1.38 bits per heavy atom. The Balaban J connectivity index is 3.23. The standard InChI is InChI=1S/C11H13ClO3S/c1-9(13)10-6-4-2-3-5-7-11(8-10)16(12,14)15/h4,6-8H,2-3,5H2,1H3/b6-4+,10-8+,11-7+. The number of halogens is 1. The van der Waals surface area contributed by atoms with Gasteiger partial charge in [0.15, 0.2) is 5.78 Å². The lowest BCUT2D eigenvalue weighted by atomic mass is 10.1. The van der Waals surface area contributed by atoms with Gasteiger partial charge in [-0.2, -0.15) is 0 Å². The van der Waals surface area contributed by atoms with E-state index in [1.165, 1.54) is 13.0 Å². The largest absolute Gasteiger partial charge is 0.295 e. The van der Waals surface area contributed by atoms with Crippen LogP contribution in [-0.2, 0) is 13.8 Å². The molecule has 1 rings (SSSR count). The molecule has 0 saturated heterocycles. The zero-order chi connectivity index (χ0) is 12.2. The van der Waals surface area contributed by atoms with Gasteiger partial charge in [0.25, 0.3) is 9.05 Å². The number of ketones is 1. The Morgan fingerprint density at radius 3 is 2.62 bits per heavy atom. The minimum absolute atomic E-state index is 0.00548. The number of hydrogen-bond acceptors (Lipinski definition) is 3. The van der Waals surface area contributed by atoms with Crippen LogP contribution in [0.2, 0.25) is 0 Å². The van der Waals surface area contributed by atoms with Crippen LogP contribution in [0, 0.1) is 0 Å². The predicted octanol–water partition coefficient (Wildman–Crippen LogP) is 2.69. The fourth-order valence-electron chi connectivity index (χ4n) is 1.34.